The lowest BCUT2D eigenvalue weighted by Gasteiger charge is -2.34. The van der Waals surface area contributed by atoms with Crippen molar-refractivity contribution < 1.29 is 4.74 Å². The molecule has 1 N–H and O–H groups in total. The minimum atomic E-state index is 0.643. The number of anilines is 1. The molecule has 0 bridgehead atoms. The van der Waals surface area contributed by atoms with Gasteiger partial charge in [0.25, 0.3) is 0 Å². The normalized spacial score (nSPS) is 19.8. The highest BCUT2D eigenvalue weighted by Gasteiger charge is 2.25. The molecule has 0 unspecified atom stereocenters. The lowest BCUT2D eigenvalue weighted by atomic mass is 10.0. The van der Waals surface area contributed by atoms with Crippen LogP contribution in [0.1, 0.15) is 38.2 Å². The van der Waals surface area contributed by atoms with E-state index >= 15 is 0 Å². The predicted molar refractivity (Wildman–Crippen MR) is 83.9 cm³/mol. The summed E-state index contributed by atoms with van der Waals surface area (Å²) in [5.41, 5.74) is 1.06. The molecule has 21 heavy (non-hydrogen) atoms. The summed E-state index contributed by atoms with van der Waals surface area (Å²) >= 11 is 0. The molecule has 1 saturated carbocycles. The topological polar surface area (TPSA) is 50.3 Å². The van der Waals surface area contributed by atoms with Gasteiger partial charge in [0.1, 0.15) is 12.1 Å². The first-order chi connectivity index (χ1) is 10.3. The van der Waals surface area contributed by atoms with E-state index in [-0.39, 0.29) is 0 Å². The molecule has 116 valence electrons. The SMILES string of the molecule is CCOc1ncnc(N2CCC(NCC3CC3)CC2)c1C. The Labute approximate surface area is 127 Å². The van der Waals surface area contributed by atoms with Crippen molar-refractivity contribution in [1.29, 1.82) is 0 Å². The quantitative estimate of drug-likeness (QED) is 0.870. The standard InChI is InChI=1S/C16H26N4O/c1-3-21-16-12(2)15(18-11-19-16)20-8-6-14(7-9-20)17-10-13-4-5-13/h11,13-14,17H,3-10H2,1-2H3. The molecule has 0 amide bonds. The Balaban J connectivity index is 1.57. The molecule has 5 heteroatoms. The van der Waals surface area contributed by atoms with E-state index in [0.29, 0.717) is 12.6 Å². The van der Waals surface area contributed by atoms with Crippen molar-refractivity contribution in [1.82, 2.24) is 15.3 Å². The second-order valence-corrected chi connectivity index (χ2v) is 6.17. The molecule has 1 saturated heterocycles. The average molecular weight is 290 g/mol. The van der Waals surface area contributed by atoms with Gasteiger partial charge in [-0.25, -0.2) is 9.97 Å². The lowest BCUT2D eigenvalue weighted by molar-refractivity contribution is 0.323. The fraction of sp³-hybridized carbons (Fsp3) is 0.750. The Hall–Kier alpha value is -1.36. The Bertz CT molecular complexity index is 467. The van der Waals surface area contributed by atoms with Crippen molar-refractivity contribution in [2.45, 2.75) is 45.6 Å². The van der Waals surface area contributed by atoms with Crippen LogP contribution in [0.4, 0.5) is 5.82 Å². The average Bonchev–Trinajstić information content (AvgIpc) is 3.33. The Morgan fingerprint density at radius 1 is 1.24 bits per heavy atom. The molecular formula is C16H26N4O. The number of rotatable bonds is 6. The van der Waals surface area contributed by atoms with Crippen LogP contribution in [0.5, 0.6) is 5.88 Å². The smallest absolute Gasteiger partial charge is 0.221 e. The van der Waals surface area contributed by atoms with Crippen LogP contribution in [0.2, 0.25) is 0 Å². The third-order valence-corrected chi connectivity index (χ3v) is 4.48. The first-order valence-corrected chi connectivity index (χ1v) is 8.20. The number of nitrogens with zero attached hydrogens (tertiary/aromatic N) is 3. The van der Waals surface area contributed by atoms with Gasteiger partial charge in [0.15, 0.2) is 0 Å². The summed E-state index contributed by atoms with van der Waals surface area (Å²) in [5.74, 6) is 2.71. The van der Waals surface area contributed by atoms with Crippen molar-refractivity contribution in [2.24, 2.45) is 5.92 Å². The maximum Gasteiger partial charge on any atom is 0.221 e. The van der Waals surface area contributed by atoms with Crippen molar-refractivity contribution in [3.05, 3.63) is 11.9 Å². The zero-order chi connectivity index (χ0) is 14.7. The maximum atomic E-state index is 5.57. The van der Waals surface area contributed by atoms with Crippen LogP contribution in [0.3, 0.4) is 0 Å². The van der Waals surface area contributed by atoms with Crippen molar-refractivity contribution in [2.75, 3.05) is 31.1 Å². The third kappa shape index (κ3) is 3.64. The van der Waals surface area contributed by atoms with E-state index in [1.807, 2.05) is 6.92 Å². The monoisotopic (exact) mass is 290 g/mol. The third-order valence-electron chi connectivity index (χ3n) is 4.48. The molecule has 5 nitrogen and oxygen atoms in total. The van der Waals surface area contributed by atoms with Crippen LogP contribution < -0.4 is 15.0 Å². The summed E-state index contributed by atoms with van der Waals surface area (Å²) in [6.45, 7) is 8.02. The minimum absolute atomic E-state index is 0.643. The summed E-state index contributed by atoms with van der Waals surface area (Å²) in [7, 11) is 0. The molecule has 0 atom stereocenters. The van der Waals surface area contributed by atoms with E-state index in [9.17, 15) is 0 Å². The fourth-order valence-corrected chi connectivity index (χ4v) is 2.98. The first-order valence-electron chi connectivity index (χ1n) is 8.20. The van der Waals surface area contributed by atoms with Crippen LogP contribution in [0, 0.1) is 12.8 Å². The molecule has 1 aromatic rings. The number of aromatic nitrogens is 2. The second kappa shape index (κ2) is 6.60. The van der Waals surface area contributed by atoms with E-state index < -0.39 is 0 Å². The summed E-state index contributed by atoms with van der Waals surface area (Å²) in [5, 5.41) is 3.72. The summed E-state index contributed by atoms with van der Waals surface area (Å²) in [4.78, 5) is 11.1. The Kier molecular flexibility index (Phi) is 4.58. The van der Waals surface area contributed by atoms with Gasteiger partial charge in [-0.15, -0.1) is 0 Å². The van der Waals surface area contributed by atoms with E-state index in [1.54, 1.807) is 6.33 Å². The van der Waals surface area contributed by atoms with Crippen LogP contribution >= 0.6 is 0 Å². The van der Waals surface area contributed by atoms with Crippen LogP contribution in [-0.4, -0.2) is 42.3 Å². The van der Waals surface area contributed by atoms with Crippen molar-refractivity contribution in [3.63, 3.8) is 0 Å². The van der Waals surface area contributed by atoms with E-state index in [2.05, 4.69) is 27.1 Å². The molecule has 2 fully saturated rings. The molecule has 2 heterocycles. The molecule has 0 radical (unpaired) electrons. The second-order valence-electron chi connectivity index (χ2n) is 6.17. The molecule has 1 aliphatic carbocycles. The molecular weight excluding hydrogens is 264 g/mol. The van der Waals surface area contributed by atoms with Gasteiger partial charge in [0.2, 0.25) is 5.88 Å². The van der Waals surface area contributed by atoms with Crippen molar-refractivity contribution >= 4 is 5.82 Å². The summed E-state index contributed by atoms with van der Waals surface area (Å²) in [6.07, 6.45) is 6.85. The van der Waals surface area contributed by atoms with Crippen LogP contribution in [0.25, 0.3) is 0 Å². The largest absolute Gasteiger partial charge is 0.478 e. The van der Waals surface area contributed by atoms with Crippen LogP contribution in [-0.2, 0) is 0 Å². The number of hydrogen-bond donors (Lipinski definition) is 1. The predicted octanol–water partition coefficient (Wildman–Crippen LogP) is 2.15. The Morgan fingerprint density at radius 3 is 2.67 bits per heavy atom. The highest BCUT2D eigenvalue weighted by atomic mass is 16.5. The van der Waals surface area contributed by atoms with Crippen molar-refractivity contribution in [3.8, 4) is 5.88 Å². The van der Waals surface area contributed by atoms with Gasteiger partial charge >= 0.3 is 0 Å². The highest BCUT2D eigenvalue weighted by Crippen LogP contribution is 2.29. The molecule has 0 spiro atoms. The van der Waals surface area contributed by atoms with Crippen LogP contribution in [0.15, 0.2) is 6.33 Å². The summed E-state index contributed by atoms with van der Waals surface area (Å²) in [6, 6.07) is 0.676. The number of piperidine rings is 1. The highest BCUT2D eigenvalue weighted by molar-refractivity contribution is 5.50. The zero-order valence-corrected chi connectivity index (χ0v) is 13.1. The number of hydrogen-bond acceptors (Lipinski definition) is 5. The maximum absolute atomic E-state index is 5.57. The van der Waals surface area contributed by atoms with E-state index in [1.165, 1.54) is 32.2 Å². The first kappa shape index (κ1) is 14.6. The van der Waals surface area contributed by atoms with Gasteiger partial charge < -0.3 is 15.0 Å². The zero-order valence-electron chi connectivity index (χ0n) is 13.1. The Morgan fingerprint density at radius 2 is 2.00 bits per heavy atom. The number of ether oxygens (including phenoxy) is 1. The molecule has 0 aromatic carbocycles. The minimum Gasteiger partial charge on any atom is -0.478 e. The molecule has 3 rings (SSSR count). The molecule has 1 aromatic heterocycles. The van der Waals surface area contributed by atoms with Gasteiger partial charge in [-0.1, -0.05) is 0 Å². The van der Waals surface area contributed by atoms with E-state index in [0.717, 1.165) is 36.3 Å². The fourth-order valence-electron chi connectivity index (χ4n) is 2.98. The van der Waals surface area contributed by atoms with Gasteiger partial charge in [-0.2, -0.15) is 0 Å². The molecule has 2 aliphatic rings. The lowest BCUT2D eigenvalue weighted by Crippen LogP contribution is -2.43. The van der Waals surface area contributed by atoms with Gasteiger partial charge in [-0.3, -0.25) is 0 Å². The number of nitrogens with one attached hydrogen (secondary N) is 1. The van der Waals surface area contributed by atoms with E-state index in [4.69, 9.17) is 4.74 Å². The summed E-state index contributed by atoms with van der Waals surface area (Å²) < 4.78 is 5.57. The van der Waals surface area contributed by atoms with Gasteiger partial charge in [0, 0.05) is 19.1 Å². The van der Waals surface area contributed by atoms with Gasteiger partial charge in [-0.05, 0) is 52.0 Å². The molecule has 1 aliphatic heterocycles. The van der Waals surface area contributed by atoms with Gasteiger partial charge in [0.05, 0.1) is 12.2 Å².